The van der Waals surface area contributed by atoms with Crippen molar-refractivity contribution in [2.24, 2.45) is 0 Å². The summed E-state index contributed by atoms with van der Waals surface area (Å²) in [6.07, 6.45) is 2.54. The molecule has 1 atom stereocenters. The van der Waals surface area contributed by atoms with Gasteiger partial charge in [0.2, 0.25) is 0 Å². The maximum absolute atomic E-state index is 13.4. The molecular weight excluding hydrogens is 691 g/mol. The van der Waals surface area contributed by atoms with Gasteiger partial charge in [-0.3, -0.25) is 0 Å². The molecule has 0 aromatic heterocycles. The summed E-state index contributed by atoms with van der Waals surface area (Å²) in [6, 6.07) is 8.10. The van der Waals surface area contributed by atoms with Gasteiger partial charge in [-0.2, -0.15) is 0 Å². The zero-order valence-electron chi connectivity index (χ0n) is 18.8. The molecule has 0 spiro atoms. The predicted molar refractivity (Wildman–Crippen MR) is 141 cm³/mol. The minimum atomic E-state index is -1.03. The molecule has 3 rings (SSSR count). The fraction of sp³-hybridized carbons (Fsp3) is 0.391. The zero-order valence-corrected chi connectivity index (χ0v) is 24.8. The van der Waals surface area contributed by atoms with Crippen LogP contribution in [0.25, 0.3) is 5.57 Å². The second kappa shape index (κ2) is 12.4. The number of hydrogen-bond donors (Lipinski definition) is 1. The number of nitrogens with one attached hydrogen (secondary N) is 1. The number of hydrogen-bond acceptors (Lipinski definition) is 5. The van der Waals surface area contributed by atoms with E-state index in [2.05, 4.69) is 29.7 Å². The first-order chi connectivity index (χ1) is 15.7. The van der Waals surface area contributed by atoms with Crippen molar-refractivity contribution in [2.75, 3.05) is 6.61 Å². The number of benzene rings is 1. The first-order valence-electron chi connectivity index (χ1n) is 10.3. The third-order valence-electron chi connectivity index (χ3n) is 4.27. The van der Waals surface area contributed by atoms with Crippen molar-refractivity contribution < 1.29 is 43.4 Å². The second-order valence-corrected chi connectivity index (χ2v) is 16.3. The third-order valence-corrected chi connectivity index (χ3v) is 12.3. The van der Waals surface area contributed by atoms with Gasteiger partial charge in [0.1, 0.15) is 0 Å². The average Bonchev–Trinajstić information content (AvgIpc) is 3.49. The van der Waals surface area contributed by atoms with Crippen LogP contribution in [0.1, 0.15) is 46.1 Å². The minimum absolute atomic E-state index is 0.138. The van der Waals surface area contributed by atoms with Crippen LogP contribution >= 0.6 is 43.0 Å². The van der Waals surface area contributed by atoms with Gasteiger partial charge in [0.15, 0.2) is 0 Å². The molecule has 1 amide bonds. The van der Waals surface area contributed by atoms with Gasteiger partial charge in [-0.25, -0.2) is 0 Å². The summed E-state index contributed by atoms with van der Waals surface area (Å²) in [5, 5.41) is 5.61. The van der Waals surface area contributed by atoms with Crippen LogP contribution in [0.4, 0.5) is 4.39 Å². The van der Waals surface area contributed by atoms with Crippen molar-refractivity contribution in [3.8, 4) is 0 Å². The number of amides is 1. The molecule has 1 N–H and O–H groups in total. The molecule has 1 aromatic rings. The summed E-state index contributed by atoms with van der Waals surface area (Å²) in [6.45, 7) is 7.35. The van der Waals surface area contributed by atoms with Crippen LogP contribution in [0.2, 0.25) is 0 Å². The standard InChI is InChI=1S/C23H27FI2NO4S2/c1-5-33(17-10-11-17)16-8-6-15(7-9-16)18(21(29)27-22-25-13-19(24)32-22)12-26-30-14-20(28)31-23(2,3)4/h5-9,12-13,17H,10-11,14H2,1-4H3,(H,27,29)/q-1/b18-12-. The predicted octanol–water partition coefficient (Wildman–Crippen LogP) is 2.69. The number of rotatable bonds is 9. The molecule has 5 nitrogen and oxygen atoms in total. The van der Waals surface area contributed by atoms with Gasteiger partial charge >= 0.3 is 224 Å². The van der Waals surface area contributed by atoms with Crippen molar-refractivity contribution >= 4 is 68.8 Å². The van der Waals surface area contributed by atoms with Gasteiger partial charge in [0.05, 0.1) is 0 Å². The molecular formula is C23H27FI2NO4S2-. The monoisotopic (exact) mass is 718 g/mol. The fourth-order valence-corrected chi connectivity index (χ4v) is 9.80. The van der Waals surface area contributed by atoms with Crippen LogP contribution in [-0.4, -0.2) is 37.7 Å². The topological polar surface area (TPSA) is 64.6 Å². The maximum atomic E-state index is 13.4. The first kappa shape index (κ1) is 27.0. The summed E-state index contributed by atoms with van der Waals surface area (Å²) < 4.78 is 28.2. The number of ether oxygens (including phenoxy) is 1. The summed E-state index contributed by atoms with van der Waals surface area (Å²) in [5.74, 6) is -0.713. The molecule has 1 unspecified atom stereocenters. The molecule has 1 aliphatic heterocycles. The molecule has 182 valence electrons. The zero-order chi connectivity index (χ0) is 24.0. The number of thioether (sulfide) groups is 1. The SMILES string of the molecule is C/C=S(/c1ccc(/C(=C/[I-]OCC(=O)OC(C)(C)C)C(=O)NC2=IC=C(F)S2)cc1)C1CC1. The van der Waals surface area contributed by atoms with Crippen LogP contribution in [0.3, 0.4) is 0 Å². The Hall–Kier alpha value is -0.570. The van der Waals surface area contributed by atoms with Gasteiger partial charge in [-0.05, 0) is 0 Å². The van der Waals surface area contributed by atoms with Crippen LogP contribution < -0.4 is 26.9 Å². The van der Waals surface area contributed by atoms with Crippen molar-refractivity contribution in [3.63, 3.8) is 0 Å². The number of esters is 1. The van der Waals surface area contributed by atoms with Crippen molar-refractivity contribution in [3.05, 3.63) is 43.2 Å². The molecule has 2 aliphatic rings. The van der Waals surface area contributed by atoms with Crippen LogP contribution in [0.5, 0.6) is 0 Å². The van der Waals surface area contributed by atoms with E-state index in [0.717, 1.165) is 22.6 Å². The molecule has 0 saturated heterocycles. The van der Waals surface area contributed by atoms with E-state index < -0.39 is 53.9 Å². The van der Waals surface area contributed by atoms with E-state index >= 15 is 0 Å². The summed E-state index contributed by atoms with van der Waals surface area (Å²) in [7, 11) is 0.138. The Kier molecular flexibility index (Phi) is 10.2. The Balaban J connectivity index is 1.71. The van der Waals surface area contributed by atoms with Gasteiger partial charge in [-0.1, -0.05) is 0 Å². The van der Waals surface area contributed by atoms with Crippen LogP contribution in [0, 0.1) is 0 Å². The van der Waals surface area contributed by atoms with E-state index in [-0.39, 0.29) is 28.2 Å². The van der Waals surface area contributed by atoms with E-state index in [1.165, 1.54) is 17.7 Å². The molecule has 0 bridgehead atoms. The quantitative estimate of drug-likeness (QED) is 0.140. The molecule has 1 aromatic carbocycles. The van der Waals surface area contributed by atoms with Gasteiger partial charge < -0.3 is 0 Å². The van der Waals surface area contributed by atoms with Crippen molar-refractivity contribution in [1.82, 2.24) is 5.32 Å². The van der Waals surface area contributed by atoms with Gasteiger partial charge in [0, 0.05) is 0 Å². The van der Waals surface area contributed by atoms with Crippen LogP contribution in [-0.2, 0) is 17.4 Å². The molecule has 1 aliphatic carbocycles. The number of carbonyl (C=O) groups excluding carboxylic acids is 2. The number of carbonyl (C=O) groups is 2. The number of halogens is 3. The van der Waals surface area contributed by atoms with Gasteiger partial charge in [0.25, 0.3) is 0 Å². The molecule has 1 fully saturated rings. The van der Waals surface area contributed by atoms with E-state index in [0.29, 0.717) is 8.54 Å². The molecule has 33 heavy (non-hydrogen) atoms. The molecule has 0 radical (unpaired) electrons. The first-order valence-corrected chi connectivity index (χ1v) is 16.9. The Bertz CT molecular complexity index is 1030. The Morgan fingerprint density at radius 1 is 1.30 bits per heavy atom. The van der Waals surface area contributed by atoms with E-state index in [9.17, 15) is 14.0 Å². The molecule has 1 saturated carbocycles. The normalized spacial score (nSPS) is 17.8. The summed E-state index contributed by atoms with van der Waals surface area (Å²) >= 11 is -0.701. The molecule has 10 heteroatoms. The average molecular weight is 718 g/mol. The third kappa shape index (κ3) is 8.86. The molecule has 1 heterocycles. The fourth-order valence-electron chi connectivity index (χ4n) is 2.83. The van der Waals surface area contributed by atoms with E-state index in [1.807, 2.05) is 12.1 Å². The Morgan fingerprint density at radius 3 is 2.55 bits per heavy atom. The van der Waals surface area contributed by atoms with Gasteiger partial charge in [-0.15, -0.1) is 0 Å². The summed E-state index contributed by atoms with van der Waals surface area (Å²) in [4.78, 5) is 26.2. The Morgan fingerprint density at radius 2 is 2.00 bits per heavy atom. The van der Waals surface area contributed by atoms with E-state index in [4.69, 9.17) is 7.80 Å². The Labute approximate surface area is 221 Å². The van der Waals surface area contributed by atoms with Crippen LogP contribution in [0.15, 0.2) is 42.5 Å². The van der Waals surface area contributed by atoms with Crippen molar-refractivity contribution in [1.29, 1.82) is 0 Å². The summed E-state index contributed by atoms with van der Waals surface area (Å²) in [5.41, 5.74) is 0.691. The second-order valence-electron chi connectivity index (χ2n) is 8.14. The van der Waals surface area contributed by atoms with E-state index in [1.54, 1.807) is 28.9 Å². The van der Waals surface area contributed by atoms with Crippen molar-refractivity contribution in [2.45, 2.75) is 56.3 Å².